The molecule has 0 spiro atoms. The molecule has 2 aromatic rings. The van der Waals surface area contributed by atoms with E-state index in [2.05, 4.69) is 34.2 Å². The zero-order chi connectivity index (χ0) is 14.5. The maximum absolute atomic E-state index is 13.3. The van der Waals surface area contributed by atoms with Gasteiger partial charge in [0.25, 0.3) is 0 Å². The summed E-state index contributed by atoms with van der Waals surface area (Å²) in [5.74, 6) is 0.850. The normalized spacial score (nSPS) is 12.2. The number of hydrogen-bond acceptors (Lipinski definition) is 2. The van der Waals surface area contributed by atoms with Crippen molar-refractivity contribution in [2.45, 2.75) is 19.4 Å². The Hall–Kier alpha value is -1.39. The van der Waals surface area contributed by atoms with Gasteiger partial charge in [-0.15, -0.1) is 0 Å². The zero-order valence-corrected chi connectivity index (χ0v) is 13.1. The molecule has 1 N–H and O–H groups in total. The molecule has 20 heavy (non-hydrogen) atoms. The molecule has 0 bridgehead atoms. The SMILES string of the molecule is CCC(NC)c1cccc(Oc2cc(F)ccc2Br)c1. The van der Waals surface area contributed by atoms with Crippen molar-refractivity contribution < 1.29 is 9.13 Å². The summed E-state index contributed by atoms with van der Waals surface area (Å²) in [6, 6.07) is 12.5. The van der Waals surface area contributed by atoms with Crippen molar-refractivity contribution in [3.05, 3.63) is 58.3 Å². The largest absolute Gasteiger partial charge is 0.456 e. The Morgan fingerprint density at radius 3 is 2.75 bits per heavy atom. The van der Waals surface area contributed by atoms with Gasteiger partial charge in [0.15, 0.2) is 0 Å². The van der Waals surface area contributed by atoms with Gasteiger partial charge in [-0.1, -0.05) is 19.1 Å². The highest BCUT2D eigenvalue weighted by molar-refractivity contribution is 9.10. The van der Waals surface area contributed by atoms with E-state index in [9.17, 15) is 4.39 Å². The van der Waals surface area contributed by atoms with Crippen LogP contribution in [0.2, 0.25) is 0 Å². The molecule has 2 rings (SSSR count). The smallest absolute Gasteiger partial charge is 0.144 e. The van der Waals surface area contributed by atoms with Gasteiger partial charge in [-0.25, -0.2) is 4.39 Å². The summed E-state index contributed by atoms with van der Waals surface area (Å²) in [5, 5.41) is 3.25. The third-order valence-corrected chi connectivity index (χ3v) is 3.79. The third-order valence-electron chi connectivity index (χ3n) is 3.14. The molecule has 0 radical (unpaired) electrons. The number of rotatable bonds is 5. The van der Waals surface area contributed by atoms with Crippen LogP contribution in [-0.2, 0) is 0 Å². The van der Waals surface area contributed by atoms with E-state index in [-0.39, 0.29) is 11.9 Å². The highest BCUT2D eigenvalue weighted by Gasteiger charge is 2.09. The Morgan fingerprint density at radius 2 is 2.05 bits per heavy atom. The summed E-state index contributed by atoms with van der Waals surface area (Å²) >= 11 is 3.36. The third kappa shape index (κ3) is 3.58. The maximum Gasteiger partial charge on any atom is 0.144 e. The van der Waals surface area contributed by atoms with Crippen LogP contribution in [0.25, 0.3) is 0 Å². The van der Waals surface area contributed by atoms with Crippen LogP contribution in [0.15, 0.2) is 46.9 Å². The molecule has 2 aromatic carbocycles. The Kier molecular flexibility index (Phi) is 5.15. The van der Waals surface area contributed by atoms with Gasteiger partial charge < -0.3 is 10.1 Å². The van der Waals surface area contributed by atoms with Crippen molar-refractivity contribution in [3.63, 3.8) is 0 Å². The van der Waals surface area contributed by atoms with Gasteiger partial charge in [0.1, 0.15) is 17.3 Å². The summed E-state index contributed by atoms with van der Waals surface area (Å²) < 4.78 is 19.7. The molecule has 0 heterocycles. The molecule has 1 unspecified atom stereocenters. The molecule has 0 saturated heterocycles. The van der Waals surface area contributed by atoms with Gasteiger partial charge in [0.05, 0.1) is 4.47 Å². The first-order valence-corrected chi connectivity index (χ1v) is 7.33. The van der Waals surface area contributed by atoms with Crippen LogP contribution in [0.3, 0.4) is 0 Å². The molecule has 4 heteroatoms. The highest BCUT2D eigenvalue weighted by atomic mass is 79.9. The Balaban J connectivity index is 2.25. The molecule has 106 valence electrons. The minimum Gasteiger partial charge on any atom is -0.456 e. The average Bonchev–Trinajstić information content (AvgIpc) is 2.45. The number of ether oxygens (including phenoxy) is 1. The van der Waals surface area contributed by atoms with E-state index in [1.54, 1.807) is 6.07 Å². The molecular formula is C16H17BrFNO. The Morgan fingerprint density at radius 1 is 1.25 bits per heavy atom. The van der Waals surface area contributed by atoms with Crippen molar-refractivity contribution in [1.82, 2.24) is 5.32 Å². The fraction of sp³-hybridized carbons (Fsp3) is 0.250. The summed E-state index contributed by atoms with van der Waals surface area (Å²) in [7, 11) is 1.94. The van der Waals surface area contributed by atoms with Crippen LogP contribution < -0.4 is 10.1 Å². The summed E-state index contributed by atoms with van der Waals surface area (Å²) in [4.78, 5) is 0. The minimum atomic E-state index is -0.319. The summed E-state index contributed by atoms with van der Waals surface area (Å²) in [6.07, 6.45) is 0.990. The van der Waals surface area contributed by atoms with Crippen LogP contribution in [0.5, 0.6) is 11.5 Å². The molecule has 2 nitrogen and oxygen atoms in total. The van der Waals surface area contributed by atoms with Gasteiger partial charge in [0, 0.05) is 12.1 Å². The first-order valence-electron chi connectivity index (χ1n) is 6.54. The van der Waals surface area contributed by atoms with E-state index in [1.165, 1.54) is 12.1 Å². The minimum absolute atomic E-state index is 0.287. The predicted octanol–water partition coefficient (Wildman–Crippen LogP) is 5.05. The van der Waals surface area contributed by atoms with Gasteiger partial charge in [-0.05, 0) is 59.2 Å². The van der Waals surface area contributed by atoms with E-state index >= 15 is 0 Å². The molecule has 0 aliphatic heterocycles. The van der Waals surface area contributed by atoms with Gasteiger partial charge >= 0.3 is 0 Å². The van der Waals surface area contributed by atoms with Crippen molar-refractivity contribution in [1.29, 1.82) is 0 Å². The van der Waals surface area contributed by atoms with Crippen LogP contribution in [0.1, 0.15) is 24.9 Å². The van der Waals surface area contributed by atoms with Gasteiger partial charge in [0.2, 0.25) is 0 Å². The molecule has 0 amide bonds. The average molecular weight is 338 g/mol. The highest BCUT2D eigenvalue weighted by Crippen LogP contribution is 2.31. The monoisotopic (exact) mass is 337 g/mol. The summed E-state index contributed by atoms with van der Waals surface area (Å²) in [5.41, 5.74) is 1.15. The topological polar surface area (TPSA) is 21.3 Å². The van der Waals surface area contributed by atoms with Crippen LogP contribution >= 0.6 is 15.9 Å². The standard InChI is InChI=1S/C16H17BrFNO/c1-3-15(19-2)11-5-4-6-13(9-11)20-16-10-12(18)7-8-14(16)17/h4-10,15,19H,3H2,1-2H3. The summed E-state index contributed by atoms with van der Waals surface area (Å²) in [6.45, 7) is 2.12. The number of hydrogen-bond donors (Lipinski definition) is 1. The van der Waals surface area contributed by atoms with Crippen molar-refractivity contribution in [2.75, 3.05) is 7.05 Å². The first kappa shape index (κ1) is 15.0. The molecular weight excluding hydrogens is 321 g/mol. The number of halogens is 2. The zero-order valence-electron chi connectivity index (χ0n) is 11.5. The van der Waals surface area contributed by atoms with Gasteiger partial charge in [-0.3, -0.25) is 0 Å². The predicted molar refractivity (Wildman–Crippen MR) is 82.7 cm³/mol. The van der Waals surface area contributed by atoms with Crippen LogP contribution in [-0.4, -0.2) is 7.05 Å². The van der Waals surface area contributed by atoms with E-state index in [1.807, 2.05) is 25.2 Å². The fourth-order valence-electron chi connectivity index (χ4n) is 2.08. The van der Waals surface area contributed by atoms with Gasteiger partial charge in [-0.2, -0.15) is 0 Å². The lowest BCUT2D eigenvalue weighted by Crippen LogP contribution is -2.14. The second-order valence-corrected chi connectivity index (χ2v) is 5.35. The van der Waals surface area contributed by atoms with E-state index < -0.39 is 0 Å². The van der Waals surface area contributed by atoms with Crippen molar-refractivity contribution in [2.24, 2.45) is 0 Å². The van der Waals surface area contributed by atoms with Crippen molar-refractivity contribution in [3.8, 4) is 11.5 Å². The quantitative estimate of drug-likeness (QED) is 0.824. The molecule has 0 aliphatic carbocycles. The molecule has 0 aliphatic rings. The maximum atomic E-state index is 13.3. The Bertz CT molecular complexity index is 584. The fourth-order valence-corrected chi connectivity index (χ4v) is 2.41. The number of nitrogens with one attached hydrogen (secondary N) is 1. The molecule has 0 aromatic heterocycles. The molecule has 1 atom stereocenters. The lowest BCUT2D eigenvalue weighted by atomic mass is 10.0. The molecule has 0 fully saturated rings. The van der Waals surface area contributed by atoms with Crippen LogP contribution in [0, 0.1) is 5.82 Å². The first-order chi connectivity index (χ1) is 9.63. The second-order valence-electron chi connectivity index (χ2n) is 4.50. The lowest BCUT2D eigenvalue weighted by Gasteiger charge is -2.15. The lowest BCUT2D eigenvalue weighted by molar-refractivity contribution is 0.470. The Labute approximate surface area is 127 Å². The van der Waals surface area contributed by atoms with E-state index in [0.29, 0.717) is 11.5 Å². The van der Waals surface area contributed by atoms with E-state index in [4.69, 9.17) is 4.74 Å². The van der Waals surface area contributed by atoms with Crippen molar-refractivity contribution >= 4 is 15.9 Å². The second kappa shape index (κ2) is 6.86. The molecule has 0 saturated carbocycles. The van der Waals surface area contributed by atoms with E-state index in [0.717, 1.165) is 16.5 Å². The van der Waals surface area contributed by atoms with Crippen LogP contribution in [0.4, 0.5) is 4.39 Å². The number of benzene rings is 2.